The van der Waals surface area contributed by atoms with Crippen molar-refractivity contribution < 1.29 is 14.3 Å². The number of hydrogen-bond donors (Lipinski definition) is 3. The number of hydrogen-bond acceptors (Lipinski definition) is 7. The standard InChI is InChI=1S/C13H24N6O3/c1-4-9(3)10(7-14-8-13(21)22-5-2)15-12(20)6-11-16-18-19-17-11/h9-10,14H,4-8H2,1-3H3,(H,15,20)(H,16,17,18,19)/t9-,10+/m0/s1. The van der Waals surface area contributed by atoms with Crippen molar-refractivity contribution in [1.29, 1.82) is 0 Å². The Morgan fingerprint density at radius 2 is 2.14 bits per heavy atom. The molecular weight excluding hydrogens is 288 g/mol. The third-order valence-corrected chi connectivity index (χ3v) is 3.33. The minimum absolute atomic E-state index is 0.0807. The van der Waals surface area contributed by atoms with Crippen molar-refractivity contribution in [1.82, 2.24) is 31.3 Å². The Balaban J connectivity index is 2.42. The lowest BCUT2D eigenvalue weighted by Crippen LogP contribution is -2.47. The molecule has 0 saturated carbocycles. The maximum Gasteiger partial charge on any atom is 0.319 e. The van der Waals surface area contributed by atoms with Gasteiger partial charge in [-0.2, -0.15) is 0 Å². The van der Waals surface area contributed by atoms with Gasteiger partial charge in [-0.3, -0.25) is 9.59 Å². The van der Waals surface area contributed by atoms with Crippen molar-refractivity contribution >= 4 is 11.9 Å². The topological polar surface area (TPSA) is 122 Å². The number of nitrogens with one attached hydrogen (secondary N) is 3. The Kier molecular flexibility index (Phi) is 8.05. The van der Waals surface area contributed by atoms with Crippen LogP contribution in [0.1, 0.15) is 33.0 Å². The van der Waals surface area contributed by atoms with E-state index in [1.807, 2.05) is 6.92 Å². The van der Waals surface area contributed by atoms with Gasteiger partial charge in [0.05, 0.1) is 19.6 Å². The number of tetrazole rings is 1. The minimum Gasteiger partial charge on any atom is -0.465 e. The second-order valence-electron chi connectivity index (χ2n) is 5.02. The Labute approximate surface area is 129 Å². The highest BCUT2D eigenvalue weighted by Crippen LogP contribution is 2.07. The second-order valence-corrected chi connectivity index (χ2v) is 5.02. The quantitative estimate of drug-likeness (QED) is 0.494. The molecule has 0 fully saturated rings. The van der Waals surface area contributed by atoms with Crippen LogP contribution in [0.2, 0.25) is 0 Å². The first-order valence-electron chi connectivity index (χ1n) is 7.45. The molecule has 0 aromatic carbocycles. The summed E-state index contributed by atoms with van der Waals surface area (Å²) in [6.45, 7) is 6.84. The molecule has 124 valence electrons. The molecule has 0 aliphatic rings. The number of aromatic amines is 1. The zero-order valence-electron chi connectivity index (χ0n) is 13.3. The van der Waals surface area contributed by atoms with Crippen LogP contribution in [-0.2, 0) is 20.7 Å². The van der Waals surface area contributed by atoms with Gasteiger partial charge in [0.25, 0.3) is 0 Å². The summed E-state index contributed by atoms with van der Waals surface area (Å²) in [5, 5.41) is 19.0. The molecule has 3 N–H and O–H groups in total. The fourth-order valence-electron chi connectivity index (χ4n) is 1.88. The largest absolute Gasteiger partial charge is 0.465 e. The van der Waals surface area contributed by atoms with E-state index in [0.29, 0.717) is 19.0 Å². The van der Waals surface area contributed by atoms with Gasteiger partial charge in [0.15, 0.2) is 5.82 Å². The van der Waals surface area contributed by atoms with E-state index in [4.69, 9.17) is 4.74 Å². The Morgan fingerprint density at radius 3 is 2.73 bits per heavy atom. The Morgan fingerprint density at radius 1 is 1.36 bits per heavy atom. The molecule has 1 aromatic rings. The normalized spacial score (nSPS) is 13.4. The maximum absolute atomic E-state index is 12.0. The van der Waals surface area contributed by atoms with E-state index in [1.54, 1.807) is 6.92 Å². The average Bonchev–Trinajstić information content (AvgIpc) is 2.98. The smallest absolute Gasteiger partial charge is 0.319 e. The number of esters is 1. The molecule has 22 heavy (non-hydrogen) atoms. The SMILES string of the molecule is CCOC(=O)CNC[C@@H](NC(=O)Cc1nnn[nH]1)[C@@H](C)CC. The third kappa shape index (κ3) is 6.61. The van der Waals surface area contributed by atoms with E-state index in [0.717, 1.165) is 6.42 Å². The molecule has 0 aliphatic carbocycles. The number of carbonyl (C=O) groups is 2. The van der Waals surface area contributed by atoms with E-state index in [1.165, 1.54) is 0 Å². The van der Waals surface area contributed by atoms with Crippen LogP contribution in [0.4, 0.5) is 0 Å². The minimum atomic E-state index is -0.301. The van der Waals surface area contributed by atoms with Crippen LogP contribution in [-0.4, -0.2) is 58.2 Å². The first-order valence-corrected chi connectivity index (χ1v) is 7.45. The second kappa shape index (κ2) is 9.82. The van der Waals surface area contributed by atoms with E-state index in [9.17, 15) is 9.59 Å². The molecule has 0 radical (unpaired) electrons. The molecule has 0 aliphatic heterocycles. The molecule has 9 heteroatoms. The lowest BCUT2D eigenvalue weighted by atomic mass is 9.99. The summed E-state index contributed by atoms with van der Waals surface area (Å²) in [4.78, 5) is 23.3. The van der Waals surface area contributed by atoms with Crippen LogP contribution in [0.25, 0.3) is 0 Å². The molecule has 2 atom stereocenters. The van der Waals surface area contributed by atoms with Crippen LogP contribution in [0.5, 0.6) is 0 Å². The molecule has 1 rings (SSSR count). The first kappa shape index (κ1) is 18.0. The molecule has 9 nitrogen and oxygen atoms in total. The van der Waals surface area contributed by atoms with E-state index in [2.05, 4.69) is 38.2 Å². The van der Waals surface area contributed by atoms with Crippen LogP contribution in [0.3, 0.4) is 0 Å². The molecule has 0 spiro atoms. The first-order chi connectivity index (χ1) is 10.6. The molecular formula is C13H24N6O3. The number of nitrogens with zero attached hydrogens (tertiary/aromatic N) is 3. The number of ether oxygens (including phenoxy) is 1. The molecule has 0 bridgehead atoms. The number of amides is 1. The van der Waals surface area contributed by atoms with Gasteiger partial charge in [-0.05, 0) is 23.3 Å². The zero-order chi connectivity index (χ0) is 16.4. The number of carbonyl (C=O) groups excluding carboxylic acids is 2. The highest BCUT2D eigenvalue weighted by molar-refractivity contribution is 5.78. The maximum atomic E-state index is 12.0. The van der Waals surface area contributed by atoms with Crippen LogP contribution >= 0.6 is 0 Å². The van der Waals surface area contributed by atoms with Crippen molar-refractivity contribution in [2.75, 3.05) is 19.7 Å². The number of aromatic nitrogens is 4. The Bertz CT molecular complexity index is 451. The van der Waals surface area contributed by atoms with Gasteiger partial charge < -0.3 is 15.4 Å². The van der Waals surface area contributed by atoms with E-state index >= 15 is 0 Å². The van der Waals surface area contributed by atoms with Crippen LogP contribution < -0.4 is 10.6 Å². The van der Waals surface area contributed by atoms with Crippen LogP contribution in [0, 0.1) is 5.92 Å². The summed E-state index contributed by atoms with van der Waals surface area (Å²) >= 11 is 0. The summed E-state index contributed by atoms with van der Waals surface area (Å²) in [6, 6.07) is -0.0807. The number of H-pyrrole nitrogens is 1. The van der Waals surface area contributed by atoms with E-state index < -0.39 is 0 Å². The van der Waals surface area contributed by atoms with Gasteiger partial charge >= 0.3 is 5.97 Å². The number of rotatable bonds is 10. The summed E-state index contributed by atoms with van der Waals surface area (Å²) in [5.74, 6) is 0.220. The molecule has 1 aromatic heterocycles. The van der Waals surface area contributed by atoms with Gasteiger partial charge in [-0.1, -0.05) is 20.3 Å². The van der Waals surface area contributed by atoms with Gasteiger partial charge in [0.1, 0.15) is 0 Å². The molecule has 1 amide bonds. The molecule has 0 saturated heterocycles. The lowest BCUT2D eigenvalue weighted by Gasteiger charge is -2.24. The lowest BCUT2D eigenvalue weighted by molar-refractivity contribution is -0.142. The van der Waals surface area contributed by atoms with Gasteiger partial charge in [-0.15, -0.1) is 5.10 Å². The summed E-state index contributed by atoms with van der Waals surface area (Å²) < 4.78 is 4.85. The van der Waals surface area contributed by atoms with Crippen molar-refractivity contribution in [2.24, 2.45) is 5.92 Å². The van der Waals surface area contributed by atoms with Gasteiger partial charge in [-0.25, -0.2) is 5.10 Å². The highest BCUT2D eigenvalue weighted by Gasteiger charge is 2.19. The summed E-state index contributed by atoms with van der Waals surface area (Å²) in [6.07, 6.45) is 1.01. The Hall–Kier alpha value is -2.03. The van der Waals surface area contributed by atoms with Crippen molar-refractivity contribution in [3.63, 3.8) is 0 Å². The predicted molar refractivity (Wildman–Crippen MR) is 78.8 cm³/mol. The molecule has 1 heterocycles. The van der Waals surface area contributed by atoms with Crippen molar-refractivity contribution in [3.05, 3.63) is 5.82 Å². The predicted octanol–water partition coefficient (Wildman–Crippen LogP) is -0.574. The van der Waals surface area contributed by atoms with Crippen LogP contribution in [0.15, 0.2) is 0 Å². The summed E-state index contributed by atoms with van der Waals surface area (Å²) in [5.41, 5.74) is 0. The zero-order valence-corrected chi connectivity index (χ0v) is 13.3. The average molecular weight is 312 g/mol. The summed E-state index contributed by atoms with van der Waals surface area (Å²) in [7, 11) is 0. The fraction of sp³-hybridized carbons (Fsp3) is 0.769. The van der Waals surface area contributed by atoms with E-state index in [-0.39, 0.29) is 36.8 Å². The highest BCUT2D eigenvalue weighted by atomic mass is 16.5. The third-order valence-electron chi connectivity index (χ3n) is 3.33. The van der Waals surface area contributed by atoms with Crippen molar-refractivity contribution in [2.45, 2.75) is 39.7 Å². The monoisotopic (exact) mass is 312 g/mol. The van der Waals surface area contributed by atoms with Gasteiger partial charge in [0, 0.05) is 12.6 Å². The molecule has 0 unspecified atom stereocenters. The van der Waals surface area contributed by atoms with Gasteiger partial charge in [0.2, 0.25) is 5.91 Å². The van der Waals surface area contributed by atoms with Crippen molar-refractivity contribution in [3.8, 4) is 0 Å². The fourth-order valence-corrected chi connectivity index (χ4v) is 1.88.